The Hall–Kier alpha value is -1.28. The number of aryl methyl sites for hydroxylation is 1. The van der Waals surface area contributed by atoms with E-state index in [0.29, 0.717) is 11.8 Å². The van der Waals surface area contributed by atoms with E-state index in [-0.39, 0.29) is 0 Å². The highest BCUT2D eigenvalue weighted by Gasteiger charge is 2.21. The average Bonchev–Trinajstić information content (AvgIpc) is 2.57. The van der Waals surface area contributed by atoms with Crippen molar-refractivity contribution in [3.05, 3.63) is 42.0 Å². The number of hydrogen-bond acceptors (Lipinski definition) is 2. The van der Waals surface area contributed by atoms with Crippen molar-refractivity contribution >= 4 is 0 Å². The van der Waals surface area contributed by atoms with Crippen molar-refractivity contribution in [2.75, 3.05) is 6.54 Å². The summed E-state index contributed by atoms with van der Waals surface area (Å²) in [4.78, 5) is 0. The monoisotopic (exact) mass is 189 g/mol. The molecule has 2 rings (SSSR count). The highest BCUT2D eigenvalue weighted by Crippen LogP contribution is 2.32. The lowest BCUT2D eigenvalue weighted by Crippen LogP contribution is -2.18. The number of rotatable bonds is 3. The van der Waals surface area contributed by atoms with E-state index in [1.54, 1.807) is 6.07 Å². The maximum atomic E-state index is 9.32. The lowest BCUT2D eigenvalue weighted by atomic mass is 10.1. The first-order valence-corrected chi connectivity index (χ1v) is 4.97. The van der Waals surface area contributed by atoms with Crippen LogP contribution >= 0.6 is 0 Å². The molecule has 1 unspecified atom stereocenters. The van der Waals surface area contributed by atoms with E-state index in [4.69, 9.17) is 0 Å². The number of phenols is 1. The molecule has 0 heterocycles. The fraction of sp³-hybridized carbons (Fsp3) is 0.333. The molecule has 0 spiro atoms. The van der Waals surface area contributed by atoms with Crippen LogP contribution in [0.4, 0.5) is 0 Å². The molecule has 74 valence electrons. The number of benzene rings is 1. The summed E-state index contributed by atoms with van der Waals surface area (Å²) in [6.45, 7) is 4.53. The van der Waals surface area contributed by atoms with Gasteiger partial charge in [0.2, 0.25) is 0 Å². The third kappa shape index (κ3) is 1.66. The molecule has 2 N–H and O–H groups in total. The minimum atomic E-state index is 0.369. The molecule has 0 fully saturated rings. The lowest BCUT2D eigenvalue weighted by Gasteiger charge is -2.12. The average molecular weight is 189 g/mol. The van der Waals surface area contributed by atoms with E-state index < -0.39 is 0 Å². The summed E-state index contributed by atoms with van der Waals surface area (Å²) < 4.78 is 0. The Morgan fingerprint density at radius 2 is 2.43 bits per heavy atom. The van der Waals surface area contributed by atoms with Gasteiger partial charge in [0.1, 0.15) is 5.75 Å². The number of hydrogen-bond donors (Lipinski definition) is 2. The molecule has 2 heteroatoms. The Kier molecular flexibility index (Phi) is 2.55. The molecule has 14 heavy (non-hydrogen) atoms. The molecular formula is C12H15NO. The first-order valence-electron chi connectivity index (χ1n) is 4.97. The SMILES string of the molecule is C=CCNC1CCc2cc(O)ccc21. The Bertz CT molecular complexity index is 346. The smallest absolute Gasteiger partial charge is 0.115 e. The van der Waals surface area contributed by atoms with Crippen molar-refractivity contribution in [3.63, 3.8) is 0 Å². The van der Waals surface area contributed by atoms with Gasteiger partial charge in [0.15, 0.2) is 0 Å². The van der Waals surface area contributed by atoms with Gasteiger partial charge in [0.05, 0.1) is 0 Å². The van der Waals surface area contributed by atoms with Gasteiger partial charge in [0, 0.05) is 12.6 Å². The normalized spacial score (nSPS) is 19.3. The first-order chi connectivity index (χ1) is 6.81. The van der Waals surface area contributed by atoms with Gasteiger partial charge in [-0.1, -0.05) is 12.1 Å². The summed E-state index contributed by atoms with van der Waals surface area (Å²) in [5, 5.41) is 12.7. The third-order valence-electron chi connectivity index (χ3n) is 2.71. The topological polar surface area (TPSA) is 32.3 Å². The molecule has 1 aromatic rings. The predicted octanol–water partition coefficient (Wildman–Crippen LogP) is 2.16. The Morgan fingerprint density at radius 1 is 1.57 bits per heavy atom. The predicted molar refractivity (Wildman–Crippen MR) is 57.4 cm³/mol. The second-order valence-electron chi connectivity index (χ2n) is 3.67. The van der Waals surface area contributed by atoms with Crippen LogP contribution in [0.15, 0.2) is 30.9 Å². The molecule has 1 aliphatic carbocycles. The van der Waals surface area contributed by atoms with Crippen LogP contribution in [0.1, 0.15) is 23.6 Å². The molecule has 0 radical (unpaired) electrons. The molecule has 2 nitrogen and oxygen atoms in total. The summed E-state index contributed by atoms with van der Waals surface area (Å²) in [7, 11) is 0. The van der Waals surface area contributed by atoms with Crippen molar-refractivity contribution in [2.24, 2.45) is 0 Å². The molecule has 1 atom stereocenters. The van der Waals surface area contributed by atoms with Gasteiger partial charge >= 0.3 is 0 Å². The van der Waals surface area contributed by atoms with Crippen molar-refractivity contribution in [2.45, 2.75) is 18.9 Å². The zero-order valence-corrected chi connectivity index (χ0v) is 8.16. The first kappa shape index (κ1) is 9.28. The second-order valence-corrected chi connectivity index (χ2v) is 3.67. The van der Waals surface area contributed by atoms with Gasteiger partial charge in [0.25, 0.3) is 0 Å². The minimum absolute atomic E-state index is 0.369. The number of aromatic hydroxyl groups is 1. The molecular weight excluding hydrogens is 174 g/mol. The molecule has 0 bridgehead atoms. The summed E-state index contributed by atoms with van der Waals surface area (Å²) in [5.74, 6) is 0.369. The van der Waals surface area contributed by atoms with E-state index in [1.807, 2.05) is 18.2 Å². The van der Waals surface area contributed by atoms with Gasteiger partial charge in [-0.2, -0.15) is 0 Å². The van der Waals surface area contributed by atoms with Crippen LogP contribution in [-0.4, -0.2) is 11.7 Å². The zero-order valence-electron chi connectivity index (χ0n) is 8.16. The summed E-state index contributed by atoms with van der Waals surface area (Å²) in [5.41, 5.74) is 2.59. The zero-order chi connectivity index (χ0) is 9.97. The van der Waals surface area contributed by atoms with Crippen LogP contribution in [0.2, 0.25) is 0 Å². The molecule has 0 saturated heterocycles. The van der Waals surface area contributed by atoms with Gasteiger partial charge in [-0.3, -0.25) is 0 Å². The van der Waals surface area contributed by atoms with Gasteiger partial charge in [-0.25, -0.2) is 0 Å². The standard InChI is InChI=1S/C12H15NO/c1-2-7-13-12-6-3-9-8-10(14)4-5-11(9)12/h2,4-5,8,12-14H,1,3,6-7H2. The number of nitrogens with one attached hydrogen (secondary N) is 1. The number of fused-ring (bicyclic) bond motifs is 1. The highest BCUT2D eigenvalue weighted by atomic mass is 16.3. The van der Waals surface area contributed by atoms with Gasteiger partial charge < -0.3 is 10.4 Å². The summed E-state index contributed by atoms with van der Waals surface area (Å²) in [6.07, 6.45) is 4.05. The largest absolute Gasteiger partial charge is 0.508 e. The molecule has 0 saturated carbocycles. The second kappa shape index (κ2) is 3.84. The number of phenolic OH excluding ortho intramolecular Hbond substituents is 1. The van der Waals surface area contributed by atoms with Crippen LogP contribution in [0.3, 0.4) is 0 Å². The lowest BCUT2D eigenvalue weighted by molar-refractivity contribution is 0.474. The van der Waals surface area contributed by atoms with Crippen molar-refractivity contribution in [1.82, 2.24) is 5.32 Å². The van der Waals surface area contributed by atoms with Crippen molar-refractivity contribution in [1.29, 1.82) is 0 Å². The highest BCUT2D eigenvalue weighted by molar-refractivity contribution is 5.40. The molecule has 1 aromatic carbocycles. The fourth-order valence-corrected chi connectivity index (χ4v) is 2.04. The maximum absolute atomic E-state index is 9.32. The Labute approximate surface area is 84.3 Å². The van der Waals surface area contributed by atoms with Crippen LogP contribution in [0, 0.1) is 0 Å². The molecule has 0 amide bonds. The Balaban J connectivity index is 2.18. The third-order valence-corrected chi connectivity index (χ3v) is 2.71. The van der Waals surface area contributed by atoms with Crippen molar-refractivity contribution < 1.29 is 5.11 Å². The quantitative estimate of drug-likeness (QED) is 0.714. The maximum Gasteiger partial charge on any atom is 0.115 e. The van der Waals surface area contributed by atoms with Crippen molar-refractivity contribution in [3.8, 4) is 5.75 Å². The van der Waals surface area contributed by atoms with Gasteiger partial charge in [-0.05, 0) is 36.1 Å². The summed E-state index contributed by atoms with van der Waals surface area (Å²) >= 11 is 0. The minimum Gasteiger partial charge on any atom is -0.508 e. The molecule has 1 aliphatic rings. The Morgan fingerprint density at radius 3 is 3.21 bits per heavy atom. The van der Waals surface area contributed by atoms with Crippen LogP contribution in [-0.2, 0) is 6.42 Å². The fourth-order valence-electron chi connectivity index (χ4n) is 2.04. The van der Waals surface area contributed by atoms with Crippen LogP contribution < -0.4 is 5.32 Å². The van der Waals surface area contributed by atoms with E-state index in [1.165, 1.54) is 11.1 Å². The van der Waals surface area contributed by atoms with Gasteiger partial charge in [-0.15, -0.1) is 6.58 Å². The van der Waals surface area contributed by atoms with E-state index >= 15 is 0 Å². The van der Waals surface area contributed by atoms with E-state index in [0.717, 1.165) is 19.4 Å². The summed E-state index contributed by atoms with van der Waals surface area (Å²) in [6, 6.07) is 6.07. The van der Waals surface area contributed by atoms with E-state index in [9.17, 15) is 5.11 Å². The van der Waals surface area contributed by atoms with Crippen LogP contribution in [0.5, 0.6) is 5.75 Å². The van der Waals surface area contributed by atoms with Crippen LogP contribution in [0.25, 0.3) is 0 Å². The van der Waals surface area contributed by atoms with E-state index in [2.05, 4.69) is 11.9 Å². The molecule has 0 aromatic heterocycles. The molecule has 0 aliphatic heterocycles.